The predicted molar refractivity (Wildman–Crippen MR) is 105 cm³/mol. The number of ketones is 1. The Morgan fingerprint density at radius 1 is 1.12 bits per heavy atom. The summed E-state index contributed by atoms with van der Waals surface area (Å²) in [6.07, 6.45) is 1.63. The molecule has 0 amide bonds. The normalized spacial score (nSPS) is 11.6. The van der Waals surface area contributed by atoms with Gasteiger partial charge in [-0.05, 0) is 48.6 Å². The first-order valence-corrected chi connectivity index (χ1v) is 8.59. The zero-order valence-corrected chi connectivity index (χ0v) is 15.8. The Morgan fingerprint density at radius 2 is 1.77 bits per heavy atom. The summed E-state index contributed by atoms with van der Waals surface area (Å²) in [7, 11) is 0. The molecule has 26 heavy (non-hydrogen) atoms. The Bertz CT molecular complexity index is 1040. The van der Waals surface area contributed by atoms with Crippen LogP contribution in [0.1, 0.15) is 49.2 Å². The molecule has 3 rings (SSSR count). The second-order valence-corrected chi connectivity index (χ2v) is 7.53. The fourth-order valence-electron chi connectivity index (χ4n) is 2.90. The minimum absolute atomic E-state index is 0.0558. The number of rotatable bonds is 3. The van der Waals surface area contributed by atoms with E-state index >= 15 is 0 Å². The van der Waals surface area contributed by atoms with Gasteiger partial charge in [0.2, 0.25) is 0 Å². The van der Waals surface area contributed by atoms with E-state index in [4.69, 9.17) is 0 Å². The molecule has 0 aliphatic carbocycles. The molecule has 0 aliphatic rings. The zero-order valence-electron chi connectivity index (χ0n) is 15.8. The SMILES string of the molecule is CC(=O)c1c(Nc2ccc(C(C)(C)C)cc2)nc2c(C)cccn2c1=O. The molecule has 5 nitrogen and oxygen atoms in total. The lowest BCUT2D eigenvalue weighted by Gasteiger charge is -2.19. The number of anilines is 2. The van der Waals surface area contributed by atoms with Crippen molar-refractivity contribution in [1.29, 1.82) is 0 Å². The topological polar surface area (TPSA) is 63.5 Å². The first-order valence-electron chi connectivity index (χ1n) is 8.59. The van der Waals surface area contributed by atoms with E-state index in [1.54, 1.807) is 12.3 Å². The van der Waals surface area contributed by atoms with Crippen LogP contribution in [0.15, 0.2) is 47.4 Å². The monoisotopic (exact) mass is 349 g/mol. The van der Waals surface area contributed by atoms with Gasteiger partial charge in [0, 0.05) is 11.9 Å². The van der Waals surface area contributed by atoms with Gasteiger partial charge in [-0.15, -0.1) is 0 Å². The van der Waals surface area contributed by atoms with Crippen LogP contribution in [0.3, 0.4) is 0 Å². The average Bonchev–Trinajstić information content (AvgIpc) is 2.55. The molecule has 0 saturated carbocycles. The molecule has 2 heterocycles. The number of hydrogen-bond acceptors (Lipinski definition) is 4. The van der Waals surface area contributed by atoms with Crippen molar-refractivity contribution in [2.24, 2.45) is 0 Å². The van der Waals surface area contributed by atoms with Crippen molar-refractivity contribution in [2.75, 3.05) is 5.32 Å². The van der Waals surface area contributed by atoms with Crippen molar-refractivity contribution in [2.45, 2.75) is 40.0 Å². The summed E-state index contributed by atoms with van der Waals surface area (Å²) in [5.74, 6) is -0.0208. The summed E-state index contributed by atoms with van der Waals surface area (Å²) in [6, 6.07) is 11.6. The molecule has 134 valence electrons. The van der Waals surface area contributed by atoms with E-state index in [1.165, 1.54) is 16.9 Å². The third kappa shape index (κ3) is 3.25. The van der Waals surface area contributed by atoms with Crippen LogP contribution in [0.25, 0.3) is 5.65 Å². The average molecular weight is 349 g/mol. The standard InChI is InChI=1S/C21H23N3O2/c1-13-7-6-12-24-19(13)23-18(17(14(2)25)20(24)26)22-16-10-8-15(9-11-16)21(3,4)5/h6-12,22H,1-5H3. The summed E-state index contributed by atoms with van der Waals surface area (Å²) in [5, 5.41) is 3.15. The molecule has 1 aromatic carbocycles. The molecule has 2 aromatic heterocycles. The first kappa shape index (κ1) is 17.9. The molecule has 0 bridgehead atoms. The van der Waals surface area contributed by atoms with Crippen molar-refractivity contribution in [3.05, 3.63) is 69.6 Å². The number of nitrogens with zero attached hydrogens (tertiary/aromatic N) is 2. The smallest absolute Gasteiger partial charge is 0.270 e. The molecule has 0 radical (unpaired) electrons. The second-order valence-electron chi connectivity index (χ2n) is 7.53. The lowest BCUT2D eigenvalue weighted by Crippen LogP contribution is -2.24. The molecular weight excluding hydrogens is 326 g/mol. The highest BCUT2D eigenvalue weighted by atomic mass is 16.1. The van der Waals surface area contributed by atoms with Crippen LogP contribution in [0.5, 0.6) is 0 Å². The van der Waals surface area contributed by atoms with Gasteiger partial charge in [-0.1, -0.05) is 39.0 Å². The van der Waals surface area contributed by atoms with Crippen molar-refractivity contribution in [1.82, 2.24) is 9.38 Å². The van der Waals surface area contributed by atoms with Gasteiger partial charge in [-0.2, -0.15) is 0 Å². The molecular formula is C21H23N3O2. The zero-order chi connectivity index (χ0) is 19.1. The molecule has 0 aliphatic heterocycles. The van der Waals surface area contributed by atoms with Crippen molar-refractivity contribution < 1.29 is 4.79 Å². The quantitative estimate of drug-likeness (QED) is 0.718. The molecule has 5 heteroatoms. The van der Waals surface area contributed by atoms with Crippen molar-refractivity contribution in [3.63, 3.8) is 0 Å². The highest BCUT2D eigenvalue weighted by molar-refractivity contribution is 5.99. The highest BCUT2D eigenvalue weighted by Gasteiger charge is 2.18. The third-order valence-corrected chi connectivity index (χ3v) is 4.42. The van der Waals surface area contributed by atoms with Crippen LogP contribution in [0.4, 0.5) is 11.5 Å². The minimum atomic E-state index is -0.361. The van der Waals surface area contributed by atoms with E-state index < -0.39 is 0 Å². The number of aryl methyl sites for hydroxylation is 1. The largest absolute Gasteiger partial charge is 0.339 e. The summed E-state index contributed by atoms with van der Waals surface area (Å²) in [4.78, 5) is 29.4. The number of hydrogen-bond donors (Lipinski definition) is 1. The van der Waals surface area contributed by atoms with Gasteiger partial charge in [0.05, 0.1) is 0 Å². The van der Waals surface area contributed by atoms with Crippen LogP contribution in [-0.2, 0) is 5.41 Å². The summed E-state index contributed by atoms with van der Waals surface area (Å²) >= 11 is 0. The maximum atomic E-state index is 12.8. The van der Waals surface area contributed by atoms with E-state index in [9.17, 15) is 9.59 Å². The van der Waals surface area contributed by atoms with Crippen LogP contribution < -0.4 is 10.9 Å². The van der Waals surface area contributed by atoms with E-state index in [-0.39, 0.29) is 22.3 Å². The molecule has 0 spiro atoms. The maximum Gasteiger partial charge on any atom is 0.270 e. The number of fused-ring (bicyclic) bond motifs is 1. The van der Waals surface area contributed by atoms with E-state index in [2.05, 4.69) is 31.1 Å². The molecule has 1 N–H and O–H groups in total. The number of pyridine rings is 1. The molecule has 0 unspecified atom stereocenters. The highest BCUT2D eigenvalue weighted by Crippen LogP contribution is 2.25. The maximum absolute atomic E-state index is 12.8. The van der Waals surface area contributed by atoms with Gasteiger partial charge in [0.15, 0.2) is 5.78 Å². The molecule has 0 fully saturated rings. The lowest BCUT2D eigenvalue weighted by atomic mass is 9.87. The van der Waals surface area contributed by atoms with Gasteiger partial charge < -0.3 is 5.32 Å². The van der Waals surface area contributed by atoms with Gasteiger partial charge in [-0.25, -0.2) is 4.98 Å². The number of Topliss-reactive ketones (excluding diaryl/α,β-unsaturated/α-hetero) is 1. The van der Waals surface area contributed by atoms with Crippen molar-refractivity contribution >= 4 is 22.9 Å². The van der Waals surface area contributed by atoms with Gasteiger partial charge in [0.1, 0.15) is 17.0 Å². The molecule has 0 saturated heterocycles. The van der Waals surface area contributed by atoms with Gasteiger partial charge in [-0.3, -0.25) is 14.0 Å². The number of carbonyl (C=O) groups excluding carboxylic acids is 1. The van der Waals surface area contributed by atoms with Gasteiger partial charge >= 0.3 is 0 Å². The van der Waals surface area contributed by atoms with Crippen LogP contribution >= 0.6 is 0 Å². The number of nitrogens with one attached hydrogen (secondary N) is 1. The third-order valence-electron chi connectivity index (χ3n) is 4.42. The van der Waals surface area contributed by atoms with Crippen molar-refractivity contribution in [3.8, 4) is 0 Å². The van der Waals surface area contributed by atoms with Gasteiger partial charge in [0.25, 0.3) is 5.56 Å². The molecule has 3 aromatic rings. The number of carbonyl (C=O) groups is 1. The Balaban J connectivity index is 2.12. The Hall–Kier alpha value is -2.95. The first-order chi connectivity index (χ1) is 12.2. The molecule has 0 atom stereocenters. The summed E-state index contributed by atoms with van der Waals surface area (Å²) in [6.45, 7) is 9.72. The van der Waals surface area contributed by atoms with E-state index in [0.29, 0.717) is 11.5 Å². The van der Waals surface area contributed by atoms with E-state index in [0.717, 1.165) is 11.3 Å². The fourth-order valence-corrected chi connectivity index (χ4v) is 2.90. The lowest BCUT2D eigenvalue weighted by molar-refractivity contribution is 0.101. The fraction of sp³-hybridized carbons (Fsp3) is 0.286. The van der Waals surface area contributed by atoms with Crippen LogP contribution in [0, 0.1) is 6.92 Å². The van der Waals surface area contributed by atoms with Crippen LogP contribution in [0.2, 0.25) is 0 Å². The minimum Gasteiger partial charge on any atom is -0.339 e. The number of aromatic nitrogens is 2. The second kappa shape index (κ2) is 6.41. The van der Waals surface area contributed by atoms with Crippen LogP contribution in [-0.4, -0.2) is 15.2 Å². The van der Waals surface area contributed by atoms with E-state index in [1.807, 2.05) is 37.3 Å². The Labute approximate surface area is 152 Å². The summed E-state index contributed by atoms with van der Waals surface area (Å²) < 4.78 is 1.42. The Kier molecular flexibility index (Phi) is 4.40. The summed E-state index contributed by atoms with van der Waals surface area (Å²) in [5.41, 5.74) is 3.15. The predicted octanol–water partition coefficient (Wildman–Crippen LogP) is 4.25. The Morgan fingerprint density at radius 3 is 2.35 bits per heavy atom. The number of benzene rings is 1.